The van der Waals surface area contributed by atoms with E-state index >= 15 is 0 Å². The van der Waals surface area contributed by atoms with E-state index in [1.807, 2.05) is 0 Å². The maximum absolute atomic E-state index is 13.5. The topological polar surface area (TPSA) is 60.2 Å². The molecule has 0 aliphatic heterocycles. The van der Waals surface area contributed by atoms with Crippen molar-refractivity contribution in [3.05, 3.63) is 29.6 Å². The van der Waals surface area contributed by atoms with Gasteiger partial charge in [0.1, 0.15) is 10.7 Å². The van der Waals surface area contributed by atoms with Crippen LogP contribution in [0.5, 0.6) is 0 Å². The number of halogens is 1. The fourth-order valence-electron chi connectivity index (χ4n) is 2.39. The molecule has 0 radical (unpaired) electrons. The van der Waals surface area contributed by atoms with Crippen molar-refractivity contribution >= 4 is 9.84 Å². The monoisotopic (exact) mass is 257 g/mol. The molecular formula is C12H16FNO2S. The summed E-state index contributed by atoms with van der Waals surface area (Å²) in [5.74, 6) is -0.710. The van der Waals surface area contributed by atoms with Crippen LogP contribution in [0.2, 0.25) is 0 Å². The molecule has 1 fully saturated rings. The maximum Gasteiger partial charge on any atom is 0.178 e. The second kappa shape index (κ2) is 4.07. The molecule has 1 saturated carbocycles. The highest BCUT2D eigenvalue weighted by molar-refractivity contribution is 7.90. The van der Waals surface area contributed by atoms with Crippen LogP contribution < -0.4 is 5.73 Å². The van der Waals surface area contributed by atoms with E-state index in [1.54, 1.807) is 6.07 Å². The summed E-state index contributed by atoms with van der Waals surface area (Å²) in [6, 6.07) is 4.17. The third kappa shape index (κ3) is 2.35. The summed E-state index contributed by atoms with van der Waals surface area (Å²) in [7, 11) is -3.54. The molecule has 94 valence electrons. The van der Waals surface area contributed by atoms with Crippen LogP contribution in [0.25, 0.3) is 0 Å². The van der Waals surface area contributed by atoms with Gasteiger partial charge in [-0.15, -0.1) is 0 Å². The second-order valence-corrected chi connectivity index (χ2v) is 6.76. The Hall–Kier alpha value is -0.940. The molecule has 0 amide bonds. The van der Waals surface area contributed by atoms with Crippen molar-refractivity contribution in [1.29, 1.82) is 0 Å². The van der Waals surface area contributed by atoms with Gasteiger partial charge in [0.05, 0.1) is 0 Å². The predicted molar refractivity (Wildman–Crippen MR) is 63.8 cm³/mol. The summed E-state index contributed by atoms with van der Waals surface area (Å²) in [5, 5.41) is 0. The van der Waals surface area contributed by atoms with Crippen molar-refractivity contribution < 1.29 is 12.8 Å². The molecule has 0 heterocycles. The smallest absolute Gasteiger partial charge is 0.178 e. The zero-order valence-corrected chi connectivity index (χ0v) is 10.6. The molecular weight excluding hydrogens is 241 g/mol. The number of rotatable bonds is 2. The molecule has 17 heavy (non-hydrogen) atoms. The molecule has 0 atom stereocenters. The summed E-state index contributed by atoms with van der Waals surface area (Å²) < 4.78 is 36.3. The molecule has 1 aliphatic rings. The van der Waals surface area contributed by atoms with Crippen LogP contribution in [0.4, 0.5) is 4.39 Å². The van der Waals surface area contributed by atoms with E-state index in [0.717, 1.165) is 37.5 Å². The minimum absolute atomic E-state index is 0.258. The third-order valence-corrected chi connectivity index (χ3v) is 4.51. The predicted octanol–water partition coefficient (Wildman–Crippen LogP) is 1.96. The minimum atomic E-state index is -3.54. The highest BCUT2D eigenvalue weighted by Gasteiger charge is 2.32. The lowest BCUT2D eigenvalue weighted by Crippen LogP contribution is -2.33. The molecule has 1 aromatic rings. The quantitative estimate of drug-likeness (QED) is 0.881. The van der Waals surface area contributed by atoms with Gasteiger partial charge in [0.25, 0.3) is 0 Å². The number of hydrogen-bond acceptors (Lipinski definition) is 3. The fraction of sp³-hybridized carbons (Fsp3) is 0.500. The van der Waals surface area contributed by atoms with E-state index in [-0.39, 0.29) is 4.90 Å². The van der Waals surface area contributed by atoms with Crippen LogP contribution in [0.1, 0.15) is 31.2 Å². The van der Waals surface area contributed by atoms with Gasteiger partial charge in [-0.25, -0.2) is 12.8 Å². The largest absolute Gasteiger partial charge is 0.321 e. The van der Waals surface area contributed by atoms with Crippen LogP contribution >= 0.6 is 0 Å². The van der Waals surface area contributed by atoms with Gasteiger partial charge < -0.3 is 5.73 Å². The normalized spacial score (nSPS) is 19.5. The van der Waals surface area contributed by atoms with Crippen LogP contribution in [-0.2, 0) is 15.4 Å². The standard InChI is InChI=1S/C12H16FNO2S/c1-17(15,16)11-8-9(4-5-10(11)13)12(14)6-2-3-7-12/h4-5,8H,2-3,6-7,14H2,1H3. The van der Waals surface area contributed by atoms with Crippen molar-refractivity contribution in [2.75, 3.05) is 6.26 Å². The molecule has 0 unspecified atom stereocenters. The van der Waals surface area contributed by atoms with E-state index in [0.29, 0.717) is 0 Å². The van der Waals surface area contributed by atoms with Crippen molar-refractivity contribution in [3.8, 4) is 0 Å². The van der Waals surface area contributed by atoms with Crippen LogP contribution in [0.3, 0.4) is 0 Å². The molecule has 0 bridgehead atoms. The Bertz CT molecular complexity index is 533. The molecule has 3 nitrogen and oxygen atoms in total. The van der Waals surface area contributed by atoms with Gasteiger partial charge in [-0.3, -0.25) is 0 Å². The van der Waals surface area contributed by atoms with Crippen LogP contribution in [0, 0.1) is 5.82 Å². The average molecular weight is 257 g/mol. The van der Waals surface area contributed by atoms with Gasteiger partial charge in [0.15, 0.2) is 9.84 Å². The molecule has 0 saturated heterocycles. The molecule has 2 rings (SSSR count). The molecule has 0 spiro atoms. The van der Waals surface area contributed by atoms with Gasteiger partial charge >= 0.3 is 0 Å². The number of sulfone groups is 1. The Morgan fingerprint density at radius 2 is 1.88 bits per heavy atom. The third-order valence-electron chi connectivity index (χ3n) is 3.40. The first kappa shape index (κ1) is 12.5. The van der Waals surface area contributed by atoms with E-state index in [4.69, 9.17) is 5.73 Å². The SMILES string of the molecule is CS(=O)(=O)c1cc(C2(N)CCCC2)ccc1F. The Balaban J connectivity index is 2.52. The van der Waals surface area contributed by atoms with E-state index in [1.165, 1.54) is 12.1 Å². The summed E-state index contributed by atoms with van der Waals surface area (Å²) in [5.41, 5.74) is 6.45. The number of nitrogens with two attached hydrogens (primary N) is 1. The minimum Gasteiger partial charge on any atom is -0.321 e. The van der Waals surface area contributed by atoms with Crippen LogP contribution in [0.15, 0.2) is 23.1 Å². The molecule has 0 aromatic heterocycles. The first-order valence-electron chi connectivity index (χ1n) is 5.62. The second-order valence-electron chi connectivity index (χ2n) is 4.78. The first-order chi connectivity index (χ1) is 7.83. The zero-order chi connectivity index (χ0) is 12.7. The lowest BCUT2D eigenvalue weighted by molar-refractivity contribution is 0.458. The Kier molecular flexibility index (Phi) is 2.99. The molecule has 2 N–H and O–H groups in total. The van der Waals surface area contributed by atoms with Gasteiger partial charge in [-0.2, -0.15) is 0 Å². The van der Waals surface area contributed by atoms with Crippen molar-refractivity contribution in [1.82, 2.24) is 0 Å². The van der Waals surface area contributed by atoms with E-state index in [2.05, 4.69) is 0 Å². The Morgan fingerprint density at radius 3 is 2.41 bits per heavy atom. The van der Waals surface area contributed by atoms with Gasteiger partial charge in [-0.1, -0.05) is 18.9 Å². The van der Waals surface area contributed by atoms with Crippen LogP contribution in [-0.4, -0.2) is 14.7 Å². The summed E-state index contributed by atoms with van der Waals surface area (Å²) in [6.45, 7) is 0. The Labute approximate surface area is 101 Å². The average Bonchev–Trinajstić information content (AvgIpc) is 2.65. The molecule has 1 aliphatic carbocycles. The van der Waals surface area contributed by atoms with E-state index < -0.39 is 21.2 Å². The first-order valence-corrected chi connectivity index (χ1v) is 7.51. The molecule has 5 heteroatoms. The number of hydrogen-bond donors (Lipinski definition) is 1. The van der Waals surface area contributed by atoms with Gasteiger partial charge in [-0.05, 0) is 30.5 Å². The fourth-order valence-corrected chi connectivity index (χ4v) is 3.16. The zero-order valence-electron chi connectivity index (χ0n) is 9.74. The van der Waals surface area contributed by atoms with E-state index in [9.17, 15) is 12.8 Å². The number of benzene rings is 1. The molecule has 1 aromatic carbocycles. The van der Waals surface area contributed by atoms with Gasteiger partial charge in [0, 0.05) is 11.8 Å². The van der Waals surface area contributed by atoms with Gasteiger partial charge in [0.2, 0.25) is 0 Å². The van der Waals surface area contributed by atoms with Crippen molar-refractivity contribution in [3.63, 3.8) is 0 Å². The summed E-state index contributed by atoms with van der Waals surface area (Å²) >= 11 is 0. The highest BCUT2D eigenvalue weighted by Crippen LogP contribution is 2.37. The van der Waals surface area contributed by atoms with Crippen molar-refractivity contribution in [2.45, 2.75) is 36.1 Å². The lowest BCUT2D eigenvalue weighted by Gasteiger charge is -2.24. The lowest BCUT2D eigenvalue weighted by atomic mass is 9.89. The Morgan fingerprint density at radius 1 is 1.29 bits per heavy atom. The summed E-state index contributed by atoms with van der Waals surface area (Å²) in [6.07, 6.45) is 4.71. The van der Waals surface area contributed by atoms with Crippen molar-refractivity contribution in [2.24, 2.45) is 5.73 Å². The highest BCUT2D eigenvalue weighted by atomic mass is 32.2. The summed E-state index contributed by atoms with van der Waals surface area (Å²) in [4.78, 5) is -0.258. The maximum atomic E-state index is 13.5.